The lowest BCUT2D eigenvalue weighted by molar-refractivity contribution is 0.627. The van der Waals surface area contributed by atoms with Crippen molar-refractivity contribution in [2.24, 2.45) is 0 Å². The summed E-state index contributed by atoms with van der Waals surface area (Å²) in [7, 11) is 0. The molecule has 0 amide bonds. The van der Waals surface area contributed by atoms with Crippen LogP contribution < -0.4 is 21.3 Å². The Labute approximate surface area is 238 Å². The molecule has 0 atom stereocenters. The molecule has 39 heavy (non-hydrogen) atoms. The largest absolute Gasteiger partial charge is 0.332 e. The zero-order valence-electron chi connectivity index (χ0n) is 22.2. The molecule has 0 aliphatic rings. The van der Waals surface area contributed by atoms with Gasteiger partial charge in [0.15, 0.2) is 10.2 Å². The van der Waals surface area contributed by atoms with E-state index in [1.54, 1.807) is 24.3 Å². The van der Waals surface area contributed by atoms with Crippen molar-refractivity contribution in [3.05, 3.63) is 118 Å². The number of nitrogens with one attached hydrogen (secondary N) is 4. The van der Waals surface area contributed by atoms with Crippen LogP contribution in [0, 0.1) is 39.3 Å². The summed E-state index contributed by atoms with van der Waals surface area (Å²) in [4.78, 5) is 0. The number of thiocarbonyl (C=S) groups is 2. The predicted molar refractivity (Wildman–Crippen MR) is 167 cm³/mol. The van der Waals surface area contributed by atoms with Crippen LogP contribution in [0.3, 0.4) is 0 Å². The van der Waals surface area contributed by atoms with Crippen LogP contribution in [-0.2, 0) is 6.42 Å². The van der Waals surface area contributed by atoms with Crippen LogP contribution in [0.1, 0.15) is 33.4 Å². The molecular weight excluding hydrogens is 530 g/mol. The molecule has 4 aromatic carbocycles. The van der Waals surface area contributed by atoms with E-state index in [0.717, 1.165) is 51.4 Å². The Bertz CT molecular complexity index is 1360. The third-order valence-corrected chi connectivity index (χ3v) is 6.68. The van der Waals surface area contributed by atoms with Gasteiger partial charge in [-0.3, -0.25) is 0 Å². The summed E-state index contributed by atoms with van der Waals surface area (Å²) in [5, 5.41) is 13.6. The summed E-state index contributed by atoms with van der Waals surface area (Å²) in [6, 6.07) is 20.8. The second kappa shape index (κ2) is 12.3. The summed E-state index contributed by atoms with van der Waals surface area (Å²) in [6.07, 6.45) is 0.778. The summed E-state index contributed by atoms with van der Waals surface area (Å²) in [5.74, 6) is -0.583. The van der Waals surface area contributed by atoms with E-state index in [1.807, 2.05) is 0 Å². The zero-order chi connectivity index (χ0) is 28.1. The molecule has 4 rings (SSSR count). The molecule has 0 fully saturated rings. The highest BCUT2D eigenvalue weighted by Crippen LogP contribution is 2.27. The minimum Gasteiger partial charge on any atom is -0.332 e. The van der Waals surface area contributed by atoms with Crippen molar-refractivity contribution in [2.75, 3.05) is 21.3 Å². The zero-order valence-corrected chi connectivity index (χ0v) is 23.8. The molecular formula is C31H30F2N4S2. The van der Waals surface area contributed by atoms with E-state index in [-0.39, 0.29) is 11.6 Å². The molecule has 0 aliphatic carbocycles. The topological polar surface area (TPSA) is 48.1 Å². The first kappa shape index (κ1) is 28.1. The molecule has 4 aromatic rings. The van der Waals surface area contributed by atoms with Gasteiger partial charge in [0.1, 0.15) is 11.6 Å². The Hall–Kier alpha value is -3.88. The first-order chi connectivity index (χ1) is 18.6. The van der Waals surface area contributed by atoms with E-state index in [2.05, 4.69) is 73.2 Å². The van der Waals surface area contributed by atoms with Crippen LogP contribution in [0.2, 0.25) is 0 Å². The maximum Gasteiger partial charge on any atom is 0.175 e. The number of halogens is 2. The van der Waals surface area contributed by atoms with Crippen molar-refractivity contribution in [3.63, 3.8) is 0 Å². The summed E-state index contributed by atoms with van der Waals surface area (Å²) in [6.45, 7) is 8.21. The minimum atomic E-state index is -0.291. The smallest absolute Gasteiger partial charge is 0.175 e. The molecule has 0 heterocycles. The number of benzene rings is 4. The number of rotatable bonds is 6. The fourth-order valence-electron chi connectivity index (χ4n) is 4.56. The van der Waals surface area contributed by atoms with Crippen LogP contribution in [0.4, 0.5) is 31.5 Å². The second-order valence-corrected chi connectivity index (χ2v) is 10.4. The Morgan fingerprint density at radius 2 is 0.846 bits per heavy atom. The van der Waals surface area contributed by atoms with E-state index >= 15 is 0 Å². The monoisotopic (exact) mass is 560 g/mol. The second-order valence-electron chi connectivity index (χ2n) is 9.56. The molecule has 0 bridgehead atoms. The predicted octanol–water partition coefficient (Wildman–Crippen LogP) is 8.41. The third-order valence-electron chi connectivity index (χ3n) is 6.27. The first-order valence-electron chi connectivity index (χ1n) is 12.4. The van der Waals surface area contributed by atoms with Crippen molar-refractivity contribution in [1.29, 1.82) is 0 Å². The van der Waals surface area contributed by atoms with Crippen molar-refractivity contribution >= 4 is 57.4 Å². The van der Waals surface area contributed by atoms with Crippen LogP contribution in [-0.4, -0.2) is 10.2 Å². The van der Waals surface area contributed by atoms with Gasteiger partial charge in [-0.15, -0.1) is 0 Å². The molecule has 0 saturated heterocycles. The summed E-state index contributed by atoms with van der Waals surface area (Å²) >= 11 is 10.9. The number of anilines is 4. The van der Waals surface area contributed by atoms with Crippen molar-refractivity contribution in [1.82, 2.24) is 0 Å². The highest BCUT2D eigenvalue weighted by molar-refractivity contribution is 7.81. The highest BCUT2D eigenvalue weighted by atomic mass is 32.1. The lowest BCUT2D eigenvalue weighted by Gasteiger charge is -2.18. The molecule has 0 unspecified atom stereocenters. The molecule has 0 saturated carbocycles. The average Bonchev–Trinajstić information content (AvgIpc) is 2.86. The molecule has 4 nitrogen and oxygen atoms in total. The molecule has 0 aromatic heterocycles. The Morgan fingerprint density at radius 3 is 1.15 bits per heavy atom. The van der Waals surface area contributed by atoms with Crippen LogP contribution in [0.5, 0.6) is 0 Å². The normalized spacial score (nSPS) is 10.6. The van der Waals surface area contributed by atoms with Gasteiger partial charge in [0.25, 0.3) is 0 Å². The Balaban J connectivity index is 1.42. The summed E-state index contributed by atoms with van der Waals surface area (Å²) < 4.78 is 26.3. The maximum absolute atomic E-state index is 13.2. The van der Waals surface area contributed by atoms with Gasteiger partial charge in [-0.1, -0.05) is 24.3 Å². The van der Waals surface area contributed by atoms with Crippen molar-refractivity contribution in [2.45, 2.75) is 34.1 Å². The van der Waals surface area contributed by atoms with Gasteiger partial charge in [-0.25, -0.2) is 8.78 Å². The standard InChI is InChI=1S/C31H30F2N4S2/c1-18-13-22(14-19(2)28(18)36-30(38)34-26-9-5-24(32)6-10-26)17-23-15-20(3)29(21(4)16-23)37-31(39)35-27-11-7-25(33)8-12-27/h5-16H,17H2,1-4H3,(H2,34,36,38)(H2,35,37,39). The Morgan fingerprint density at radius 1 is 0.538 bits per heavy atom. The van der Waals surface area contributed by atoms with E-state index in [1.165, 1.54) is 35.4 Å². The van der Waals surface area contributed by atoms with Gasteiger partial charge < -0.3 is 21.3 Å². The van der Waals surface area contributed by atoms with Gasteiger partial charge in [-0.05, 0) is 140 Å². The lowest BCUT2D eigenvalue weighted by Crippen LogP contribution is -2.20. The maximum atomic E-state index is 13.2. The molecule has 0 aliphatic heterocycles. The third kappa shape index (κ3) is 7.59. The molecule has 0 spiro atoms. The summed E-state index contributed by atoms with van der Waals surface area (Å²) in [5.41, 5.74) is 10.1. The quantitative estimate of drug-likeness (QED) is 0.178. The molecule has 8 heteroatoms. The molecule has 200 valence electrons. The fraction of sp³-hybridized carbons (Fsp3) is 0.161. The molecule has 0 radical (unpaired) electrons. The highest BCUT2D eigenvalue weighted by Gasteiger charge is 2.11. The first-order valence-corrected chi connectivity index (χ1v) is 13.3. The van der Waals surface area contributed by atoms with Crippen LogP contribution in [0.25, 0.3) is 0 Å². The van der Waals surface area contributed by atoms with Crippen LogP contribution >= 0.6 is 24.4 Å². The van der Waals surface area contributed by atoms with Gasteiger partial charge in [-0.2, -0.15) is 0 Å². The fourth-order valence-corrected chi connectivity index (χ4v) is 5.00. The van der Waals surface area contributed by atoms with E-state index < -0.39 is 0 Å². The lowest BCUT2D eigenvalue weighted by atomic mass is 9.96. The van der Waals surface area contributed by atoms with Crippen LogP contribution in [0.15, 0.2) is 72.8 Å². The average molecular weight is 561 g/mol. The number of hydrogen-bond acceptors (Lipinski definition) is 2. The van der Waals surface area contributed by atoms with Gasteiger partial charge in [0.05, 0.1) is 0 Å². The van der Waals surface area contributed by atoms with E-state index in [9.17, 15) is 8.78 Å². The minimum absolute atomic E-state index is 0.291. The van der Waals surface area contributed by atoms with E-state index in [0.29, 0.717) is 10.2 Å². The van der Waals surface area contributed by atoms with Gasteiger partial charge in [0.2, 0.25) is 0 Å². The van der Waals surface area contributed by atoms with Gasteiger partial charge >= 0.3 is 0 Å². The number of aryl methyl sites for hydroxylation is 4. The SMILES string of the molecule is Cc1cc(Cc2cc(C)c(NC(=S)Nc3ccc(F)cc3)c(C)c2)cc(C)c1NC(=S)Nc1ccc(F)cc1. The number of hydrogen-bond donors (Lipinski definition) is 4. The van der Waals surface area contributed by atoms with Gasteiger partial charge in [0, 0.05) is 22.7 Å². The van der Waals surface area contributed by atoms with Crippen molar-refractivity contribution in [3.8, 4) is 0 Å². The Kier molecular flexibility index (Phi) is 8.89. The van der Waals surface area contributed by atoms with E-state index in [4.69, 9.17) is 24.4 Å². The molecule has 4 N–H and O–H groups in total. The van der Waals surface area contributed by atoms with Crippen molar-refractivity contribution < 1.29 is 8.78 Å².